The van der Waals surface area contributed by atoms with Gasteiger partial charge < -0.3 is 10.1 Å². The van der Waals surface area contributed by atoms with E-state index in [1.165, 1.54) is 5.56 Å². The lowest BCUT2D eigenvalue weighted by atomic mass is 10.1. The molecule has 2 aromatic rings. The summed E-state index contributed by atoms with van der Waals surface area (Å²) in [4.78, 5) is 12.0. The third-order valence-corrected chi connectivity index (χ3v) is 4.17. The van der Waals surface area contributed by atoms with Gasteiger partial charge in [0.25, 0.3) is 5.91 Å². The first-order chi connectivity index (χ1) is 10.5. The number of ether oxygens (including phenoxy) is 1. The maximum absolute atomic E-state index is 12.0. The highest BCUT2D eigenvalue weighted by molar-refractivity contribution is 9.10. The maximum Gasteiger partial charge on any atom is 0.262 e. The van der Waals surface area contributed by atoms with E-state index in [4.69, 9.17) is 27.9 Å². The Morgan fingerprint density at radius 2 is 2.00 bits per heavy atom. The van der Waals surface area contributed by atoms with Crippen LogP contribution in [0.5, 0.6) is 5.75 Å². The van der Waals surface area contributed by atoms with Crippen LogP contribution in [0.1, 0.15) is 12.5 Å². The average Bonchev–Trinajstić information content (AvgIpc) is 2.50. The first-order valence-electron chi connectivity index (χ1n) is 6.65. The van der Waals surface area contributed by atoms with Crippen molar-refractivity contribution in [3.63, 3.8) is 0 Å². The Bertz CT molecular complexity index is 692. The monoisotopic (exact) mass is 401 g/mol. The summed E-state index contributed by atoms with van der Waals surface area (Å²) in [6, 6.07) is 10.6. The van der Waals surface area contributed by atoms with Crippen molar-refractivity contribution in [3.8, 4) is 5.75 Å². The van der Waals surface area contributed by atoms with Gasteiger partial charge in [0.15, 0.2) is 6.61 Å². The zero-order valence-corrected chi connectivity index (χ0v) is 14.9. The van der Waals surface area contributed by atoms with E-state index < -0.39 is 0 Å². The van der Waals surface area contributed by atoms with E-state index in [0.29, 0.717) is 21.5 Å². The van der Waals surface area contributed by atoms with Crippen LogP contribution in [0, 0.1) is 0 Å². The highest BCUT2D eigenvalue weighted by Crippen LogP contribution is 2.28. The van der Waals surface area contributed by atoms with Crippen LogP contribution >= 0.6 is 39.1 Å². The van der Waals surface area contributed by atoms with Crippen molar-refractivity contribution in [1.29, 1.82) is 0 Å². The number of amides is 1. The van der Waals surface area contributed by atoms with Gasteiger partial charge in [-0.05, 0) is 52.2 Å². The third-order valence-electron chi connectivity index (χ3n) is 2.97. The molecule has 6 heteroatoms. The van der Waals surface area contributed by atoms with Crippen LogP contribution in [-0.4, -0.2) is 12.5 Å². The van der Waals surface area contributed by atoms with Gasteiger partial charge in [0.05, 0.1) is 10.7 Å². The Morgan fingerprint density at radius 1 is 1.23 bits per heavy atom. The van der Waals surface area contributed by atoms with E-state index >= 15 is 0 Å². The SMILES string of the molecule is CCc1ccc(NC(=O)COc2cc(Cl)ccc2Cl)c(Br)c1. The summed E-state index contributed by atoms with van der Waals surface area (Å²) in [7, 11) is 0. The highest BCUT2D eigenvalue weighted by Gasteiger charge is 2.09. The molecular formula is C16H14BrCl2NO2. The summed E-state index contributed by atoms with van der Waals surface area (Å²) in [5.41, 5.74) is 1.88. The van der Waals surface area contributed by atoms with Crippen molar-refractivity contribution in [1.82, 2.24) is 0 Å². The smallest absolute Gasteiger partial charge is 0.262 e. The van der Waals surface area contributed by atoms with Gasteiger partial charge >= 0.3 is 0 Å². The van der Waals surface area contributed by atoms with Gasteiger partial charge in [0, 0.05) is 15.6 Å². The molecule has 1 amide bonds. The normalized spacial score (nSPS) is 10.4. The molecule has 116 valence electrons. The van der Waals surface area contributed by atoms with Crippen LogP contribution in [-0.2, 0) is 11.2 Å². The van der Waals surface area contributed by atoms with Crippen LogP contribution in [0.4, 0.5) is 5.69 Å². The molecule has 0 spiro atoms. The second-order valence-corrected chi connectivity index (χ2v) is 6.28. The predicted octanol–water partition coefficient (Wildman–Crippen LogP) is 5.34. The molecule has 0 aliphatic heterocycles. The first kappa shape index (κ1) is 17.1. The van der Waals surface area contributed by atoms with Gasteiger partial charge in [-0.25, -0.2) is 0 Å². The van der Waals surface area contributed by atoms with E-state index in [1.807, 2.05) is 18.2 Å². The van der Waals surface area contributed by atoms with Crippen molar-refractivity contribution in [3.05, 3.63) is 56.5 Å². The molecule has 0 unspecified atom stereocenters. The van der Waals surface area contributed by atoms with Crippen LogP contribution in [0.25, 0.3) is 0 Å². The highest BCUT2D eigenvalue weighted by atomic mass is 79.9. The number of rotatable bonds is 5. The molecule has 0 atom stereocenters. The van der Waals surface area contributed by atoms with E-state index in [1.54, 1.807) is 18.2 Å². The largest absolute Gasteiger partial charge is 0.482 e. The van der Waals surface area contributed by atoms with Crippen molar-refractivity contribution >= 4 is 50.7 Å². The Kier molecular flexibility index (Phi) is 6.12. The van der Waals surface area contributed by atoms with Gasteiger partial charge in [-0.3, -0.25) is 4.79 Å². The van der Waals surface area contributed by atoms with Crippen LogP contribution < -0.4 is 10.1 Å². The quantitative estimate of drug-likeness (QED) is 0.733. The molecule has 2 rings (SSSR count). The van der Waals surface area contributed by atoms with Crippen molar-refractivity contribution in [2.24, 2.45) is 0 Å². The van der Waals surface area contributed by atoms with E-state index in [9.17, 15) is 4.79 Å². The topological polar surface area (TPSA) is 38.3 Å². The minimum Gasteiger partial charge on any atom is -0.482 e. The number of nitrogens with one attached hydrogen (secondary N) is 1. The van der Waals surface area contributed by atoms with E-state index in [2.05, 4.69) is 28.2 Å². The number of anilines is 1. The molecular weight excluding hydrogens is 389 g/mol. The summed E-state index contributed by atoms with van der Waals surface area (Å²) in [5.74, 6) is 0.103. The molecule has 1 N–H and O–H groups in total. The number of benzene rings is 2. The molecule has 3 nitrogen and oxygen atoms in total. The molecule has 22 heavy (non-hydrogen) atoms. The minimum absolute atomic E-state index is 0.151. The Balaban J connectivity index is 1.97. The fourth-order valence-electron chi connectivity index (χ4n) is 1.80. The van der Waals surface area contributed by atoms with Gasteiger partial charge in [-0.2, -0.15) is 0 Å². The molecule has 0 saturated heterocycles. The molecule has 0 heterocycles. The number of aryl methyl sites for hydroxylation is 1. The summed E-state index contributed by atoms with van der Waals surface area (Å²) in [6.45, 7) is 1.92. The lowest BCUT2D eigenvalue weighted by molar-refractivity contribution is -0.118. The first-order valence-corrected chi connectivity index (χ1v) is 8.20. The number of hydrogen-bond donors (Lipinski definition) is 1. The predicted molar refractivity (Wildman–Crippen MR) is 94.1 cm³/mol. The summed E-state index contributed by atoms with van der Waals surface area (Å²) >= 11 is 15.3. The molecule has 0 aliphatic rings. The molecule has 2 aromatic carbocycles. The van der Waals surface area contributed by atoms with Crippen molar-refractivity contribution in [2.45, 2.75) is 13.3 Å². The lowest BCUT2D eigenvalue weighted by Gasteiger charge is -2.11. The Hall–Kier alpha value is -1.23. The van der Waals surface area contributed by atoms with Crippen molar-refractivity contribution in [2.75, 3.05) is 11.9 Å². The number of hydrogen-bond acceptors (Lipinski definition) is 2. The van der Waals surface area contributed by atoms with Gasteiger partial charge in [-0.1, -0.05) is 36.2 Å². The van der Waals surface area contributed by atoms with Gasteiger partial charge in [0.2, 0.25) is 0 Å². The van der Waals surface area contributed by atoms with Gasteiger partial charge in [0.1, 0.15) is 5.75 Å². The maximum atomic E-state index is 12.0. The second kappa shape index (κ2) is 7.86. The summed E-state index contributed by atoms with van der Waals surface area (Å²) in [5, 5.41) is 3.68. The summed E-state index contributed by atoms with van der Waals surface area (Å²) < 4.78 is 6.23. The fourth-order valence-corrected chi connectivity index (χ4v) is 2.66. The fraction of sp³-hybridized carbons (Fsp3) is 0.188. The number of halogens is 3. The molecule has 0 bridgehead atoms. The van der Waals surface area contributed by atoms with E-state index in [-0.39, 0.29) is 12.5 Å². The Labute approximate surface area is 147 Å². The minimum atomic E-state index is -0.277. The summed E-state index contributed by atoms with van der Waals surface area (Å²) in [6.07, 6.45) is 0.934. The molecule has 0 saturated carbocycles. The average molecular weight is 403 g/mol. The van der Waals surface area contributed by atoms with Crippen LogP contribution in [0.3, 0.4) is 0 Å². The van der Waals surface area contributed by atoms with Crippen LogP contribution in [0.2, 0.25) is 10.0 Å². The second-order valence-electron chi connectivity index (χ2n) is 4.58. The molecule has 0 aromatic heterocycles. The number of carbonyl (C=O) groups is 1. The van der Waals surface area contributed by atoms with E-state index in [0.717, 1.165) is 10.9 Å². The molecule has 0 radical (unpaired) electrons. The molecule has 0 aliphatic carbocycles. The lowest BCUT2D eigenvalue weighted by Crippen LogP contribution is -2.20. The third kappa shape index (κ3) is 4.63. The van der Waals surface area contributed by atoms with Crippen molar-refractivity contribution < 1.29 is 9.53 Å². The Morgan fingerprint density at radius 3 is 2.68 bits per heavy atom. The van der Waals surface area contributed by atoms with Gasteiger partial charge in [-0.15, -0.1) is 0 Å². The number of carbonyl (C=O) groups excluding carboxylic acids is 1. The zero-order chi connectivity index (χ0) is 16.1. The standard InChI is InChI=1S/C16H14BrCl2NO2/c1-2-10-3-6-14(12(17)7-10)20-16(21)9-22-15-8-11(18)4-5-13(15)19/h3-8H,2,9H2,1H3,(H,20,21). The van der Waals surface area contributed by atoms with Crippen LogP contribution in [0.15, 0.2) is 40.9 Å². The molecule has 0 fully saturated rings. The zero-order valence-electron chi connectivity index (χ0n) is 11.8.